The summed E-state index contributed by atoms with van der Waals surface area (Å²) in [5.74, 6) is 0. The van der Waals surface area contributed by atoms with Crippen LogP contribution in [0.15, 0.2) is 0 Å². The summed E-state index contributed by atoms with van der Waals surface area (Å²) in [7, 11) is -2.05. The molecule has 0 heterocycles. The molecule has 0 saturated heterocycles. The minimum Gasteiger partial charge on any atom is -0.0714 e. The minimum atomic E-state index is -1.06. The molecule has 3 saturated carbocycles. The van der Waals surface area contributed by atoms with Crippen molar-refractivity contribution in [3.05, 3.63) is 0 Å². The molecule has 0 bridgehead atoms. The second-order valence-electron chi connectivity index (χ2n) is 9.13. The van der Waals surface area contributed by atoms with Gasteiger partial charge in [-0.1, -0.05) is 96.7 Å². The molecule has 3 aliphatic carbocycles. The van der Waals surface area contributed by atoms with Crippen molar-refractivity contribution in [2.45, 2.75) is 113 Å². The monoisotopic (exact) mass is 308 g/mol. The Bertz CT molecular complexity index is 272. The van der Waals surface area contributed by atoms with Gasteiger partial charge in [0.05, 0.1) is 7.59 Å². The zero-order valence-electron chi connectivity index (χ0n) is 14.2. The fourth-order valence-corrected chi connectivity index (χ4v) is 30.4. The van der Waals surface area contributed by atoms with Crippen LogP contribution in [0.2, 0.25) is 36.3 Å². The molecule has 0 nitrogen and oxygen atoms in total. The van der Waals surface area contributed by atoms with Crippen LogP contribution in [0.1, 0.15) is 77.0 Å². The van der Waals surface area contributed by atoms with Crippen molar-refractivity contribution >= 4 is 15.2 Å². The van der Waals surface area contributed by atoms with Gasteiger partial charge in [-0.3, -0.25) is 0 Å². The second kappa shape index (κ2) is 5.91. The molecule has 3 fully saturated rings. The van der Waals surface area contributed by atoms with E-state index in [0.29, 0.717) is 0 Å². The normalized spacial score (nSPS) is 27.8. The van der Waals surface area contributed by atoms with Gasteiger partial charge in [-0.05, 0) is 16.6 Å². The highest BCUT2D eigenvalue weighted by Gasteiger charge is 2.60. The molecule has 0 spiro atoms. The van der Waals surface area contributed by atoms with E-state index in [1.54, 1.807) is 77.0 Å². The van der Waals surface area contributed by atoms with Crippen LogP contribution in [0, 0.1) is 0 Å². The summed E-state index contributed by atoms with van der Waals surface area (Å²) in [6.45, 7) is 8.40. The Labute approximate surface area is 128 Å². The zero-order valence-corrected chi connectivity index (χ0v) is 16.2. The van der Waals surface area contributed by atoms with Gasteiger partial charge in [0.2, 0.25) is 0 Å². The Morgan fingerprint density at radius 3 is 0.950 bits per heavy atom. The van der Waals surface area contributed by atoms with Gasteiger partial charge in [0, 0.05) is 7.59 Å². The number of hydrogen-bond donors (Lipinski definition) is 0. The highest BCUT2D eigenvalue weighted by molar-refractivity contribution is 7.42. The maximum absolute atomic E-state index is 2.80. The summed E-state index contributed by atoms with van der Waals surface area (Å²) in [4.78, 5) is 0. The van der Waals surface area contributed by atoms with Gasteiger partial charge in [-0.2, -0.15) is 0 Å². The standard InChI is InChI=1S/C18H36Si2/c1-19(2,3)20(16-10-4-5-11-16,17-12-6-7-13-17)18-14-8-9-15-18/h16-18H,4-15H2,1-3H3. The van der Waals surface area contributed by atoms with E-state index in [9.17, 15) is 0 Å². The molecule has 3 rings (SSSR count). The van der Waals surface area contributed by atoms with E-state index in [0.717, 1.165) is 0 Å². The highest BCUT2D eigenvalue weighted by Crippen LogP contribution is 2.61. The zero-order chi connectivity index (χ0) is 14.2. The lowest BCUT2D eigenvalue weighted by molar-refractivity contribution is 0.693. The molecule has 0 atom stereocenters. The minimum absolute atomic E-state index is 0.993. The van der Waals surface area contributed by atoms with E-state index in [4.69, 9.17) is 0 Å². The van der Waals surface area contributed by atoms with Crippen LogP contribution in [0.25, 0.3) is 0 Å². The summed E-state index contributed by atoms with van der Waals surface area (Å²) in [6.07, 6.45) is 19.3. The molecule has 0 unspecified atom stereocenters. The molecular formula is C18H36Si2. The predicted molar refractivity (Wildman–Crippen MR) is 95.8 cm³/mol. The molecule has 3 aliphatic rings. The fraction of sp³-hybridized carbons (Fsp3) is 1.00. The van der Waals surface area contributed by atoms with Crippen LogP contribution in [0.4, 0.5) is 0 Å². The molecule has 0 aliphatic heterocycles. The molecule has 0 amide bonds. The first-order valence-electron chi connectivity index (χ1n) is 9.57. The highest BCUT2D eigenvalue weighted by atomic mass is 29.3. The Kier molecular flexibility index (Phi) is 4.53. The van der Waals surface area contributed by atoms with Gasteiger partial charge in [0.25, 0.3) is 0 Å². The van der Waals surface area contributed by atoms with Crippen molar-refractivity contribution in [3.63, 3.8) is 0 Å². The van der Waals surface area contributed by atoms with Crippen molar-refractivity contribution in [2.24, 2.45) is 0 Å². The lowest BCUT2D eigenvalue weighted by atomic mass is 10.3. The van der Waals surface area contributed by atoms with Crippen molar-refractivity contribution < 1.29 is 0 Å². The average Bonchev–Trinajstić information content (AvgIpc) is 3.13. The first-order chi connectivity index (χ1) is 9.57. The van der Waals surface area contributed by atoms with Gasteiger partial charge in [0.15, 0.2) is 0 Å². The van der Waals surface area contributed by atoms with Crippen LogP contribution in [-0.2, 0) is 0 Å². The summed E-state index contributed by atoms with van der Waals surface area (Å²) in [5, 5.41) is 0. The summed E-state index contributed by atoms with van der Waals surface area (Å²) in [5.41, 5.74) is 3.75. The van der Waals surface area contributed by atoms with Gasteiger partial charge in [-0.15, -0.1) is 0 Å². The maximum atomic E-state index is 2.80. The van der Waals surface area contributed by atoms with Crippen molar-refractivity contribution in [1.29, 1.82) is 0 Å². The molecule has 0 aromatic rings. The number of rotatable bonds is 4. The first kappa shape index (κ1) is 15.3. The quantitative estimate of drug-likeness (QED) is 0.508. The van der Waals surface area contributed by atoms with Gasteiger partial charge in [0.1, 0.15) is 0 Å². The Balaban J connectivity index is 2.01. The van der Waals surface area contributed by atoms with Crippen LogP contribution >= 0.6 is 0 Å². The molecular weight excluding hydrogens is 272 g/mol. The third kappa shape index (κ3) is 2.39. The maximum Gasteiger partial charge on any atom is 0.0562 e. The van der Waals surface area contributed by atoms with Crippen LogP contribution in [0.5, 0.6) is 0 Å². The van der Waals surface area contributed by atoms with Crippen molar-refractivity contribution in [1.82, 2.24) is 0 Å². The Hall–Kier alpha value is 0.434. The molecule has 0 N–H and O–H groups in total. The fourth-order valence-electron chi connectivity index (χ4n) is 7.05. The van der Waals surface area contributed by atoms with Crippen LogP contribution in [0.3, 0.4) is 0 Å². The SMILES string of the molecule is C[Si](C)(C)[Si](C1CCCC1)(C1CCCC1)C1CCCC1. The van der Waals surface area contributed by atoms with Gasteiger partial charge < -0.3 is 0 Å². The predicted octanol–water partition coefficient (Wildman–Crippen LogP) is 6.68. The molecule has 0 radical (unpaired) electrons. The van der Waals surface area contributed by atoms with E-state index >= 15 is 0 Å². The van der Waals surface area contributed by atoms with Gasteiger partial charge in [-0.25, -0.2) is 0 Å². The van der Waals surface area contributed by atoms with E-state index in [2.05, 4.69) is 19.6 Å². The van der Waals surface area contributed by atoms with Crippen molar-refractivity contribution in [2.75, 3.05) is 0 Å². The summed E-state index contributed by atoms with van der Waals surface area (Å²) >= 11 is 0. The molecule has 20 heavy (non-hydrogen) atoms. The Morgan fingerprint density at radius 1 is 0.500 bits per heavy atom. The third-order valence-electron chi connectivity index (χ3n) is 7.39. The van der Waals surface area contributed by atoms with Crippen molar-refractivity contribution in [3.8, 4) is 0 Å². The number of hydrogen-bond acceptors (Lipinski definition) is 0. The molecule has 0 aromatic heterocycles. The molecule has 0 aromatic carbocycles. The average molecular weight is 309 g/mol. The first-order valence-corrected chi connectivity index (χ1v) is 16.3. The van der Waals surface area contributed by atoms with E-state index in [1.807, 2.05) is 0 Å². The van der Waals surface area contributed by atoms with E-state index in [-0.39, 0.29) is 0 Å². The van der Waals surface area contributed by atoms with Crippen LogP contribution < -0.4 is 0 Å². The summed E-state index contributed by atoms with van der Waals surface area (Å²) in [6, 6.07) is 0. The smallest absolute Gasteiger partial charge is 0.0562 e. The summed E-state index contributed by atoms with van der Waals surface area (Å²) < 4.78 is 0. The third-order valence-corrected chi connectivity index (χ3v) is 27.2. The second-order valence-corrected chi connectivity index (χ2v) is 25.0. The lowest BCUT2D eigenvalue weighted by Crippen LogP contribution is -2.65. The topological polar surface area (TPSA) is 0 Å². The van der Waals surface area contributed by atoms with E-state index in [1.165, 1.54) is 16.6 Å². The molecule has 2 heteroatoms. The van der Waals surface area contributed by atoms with Crippen LogP contribution in [-0.4, -0.2) is 15.2 Å². The largest absolute Gasteiger partial charge is 0.0714 e. The van der Waals surface area contributed by atoms with E-state index < -0.39 is 15.2 Å². The Morgan fingerprint density at radius 2 is 0.750 bits per heavy atom. The van der Waals surface area contributed by atoms with Gasteiger partial charge >= 0.3 is 0 Å². The molecule has 116 valence electrons. The lowest BCUT2D eigenvalue weighted by Gasteiger charge is -2.55.